The average Bonchev–Trinajstić information content (AvgIpc) is 3.08. The topological polar surface area (TPSA) is 105 Å². The van der Waals surface area contributed by atoms with Gasteiger partial charge in [0.1, 0.15) is 12.6 Å². The molecule has 0 saturated carbocycles. The van der Waals surface area contributed by atoms with Gasteiger partial charge in [0.15, 0.2) is 0 Å². The van der Waals surface area contributed by atoms with E-state index in [2.05, 4.69) is 17.2 Å². The van der Waals surface area contributed by atoms with Crippen LogP contribution in [0.1, 0.15) is 43.2 Å². The first-order chi connectivity index (χ1) is 15.4. The molecule has 1 aliphatic rings. The highest BCUT2D eigenvalue weighted by Crippen LogP contribution is 2.44. The number of carboxylic acids is 1. The average molecular weight is 437 g/mol. The summed E-state index contributed by atoms with van der Waals surface area (Å²) in [6.45, 7) is 6.11. The molecule has 1 aliphatic carbocycles. The van der Waals surface area contributed by atoms with Gasteiger partial charge in [-0.05, 0) is 42.0 Å². The van der Waals surface area contributed by atoms with E-state index >= 15 is 0 Å². The van der Waals surface area contributed by atoms with Gasteiger partial charge in [-0.2, -0.15) is 0 Å². The molecule has 2 aromatic rings. The molecule has 3 rings (SSSR count). The number of ether oxygens (including phenoxy) is 1. The summed E-state index contributed by atoms with van der Waals surface area (Å²) in [4.78, 5) is 35.9. The fourth-order valence-electron chi connectivity index (χ4n) is 3.84. The highest BCUT2D eigenvalue weighted by molar-refractivity contribution is 5.86. The van der Waals surface area contributed by atoms with Gasteiger partial charge in [0.05, 0.1) is 0 Å². The summed E-state index contributed by atoms with van der Waals surface area (Å²) in [5.74, 6) is -1.59. The van der Waals surface area contributed by atoms with Gasteiger partial charge in [0, 0.05) is 18.9 Å². The second-order valence-electron chi connectivity index (χ2n) is 7.95. The van der Waals surface area contributed by atoms with E-state index in [1.165, 1.54) is 0 Å². The SMILES string of the molecule is C=C(C)CCNC(=O)C(CCC(=O)O)NC(=O)OCC1c2ccccc2-c2ccccc21. The van der Waals surface area contributed by atoms with E-state index in [1.807, 2.05) is 55.5 Å². The third kappa shape index (κ3) is 5.75. The first kappa shape index (κ1) is 23.1. The van der Waals surface area contributed by atoms with Crippen molar-refractivity contribution in [1.29, 1.82) is 0 Å². The molecule has 0 fully saturated rings. The number of benzene rings is 2. The number of nitrogens with one attached hydrogen (secondary N) is 2. The van der Waals surface area contributed by atoms with Crippen LogP contribution in [0.25, 0.3) is 11.1 Å². The standard InChI is InChI=1S/C25H28N2O5/c1-16(2)13-14-26-24(30)22(11-12-23(28)29)27-25(31)32-15-21-19-9-5-3-7-17(19)18-8-4-6-10-20(18)21/h3-10,21-22H,1,11-15H2,2H3,(H,26,30)(H,27,31)(H,28,29). The molecular weight excluding hydrogens is 408 g/mol. The Kier molecular flexibility index (Phi) is 7.65. The first-order valence-corrected chi connectivity index (χ1v) is 10.6. The molecule has 1 atom stereocenters. The lowest BCUT2D eigenvalue weighted by Gasteiger charge is -2.19. The number of rotatable bonds is 10. The number of amides is 2. The van der Waals surface area contributed by atoms with Gasteiger partial charge >= 0.3 is 12.1 Å². The molecule has 7 nitrogen and oxygen atoms in total. The molecule has 0 radical (unpaired) electrons. The summed E-state index contributed by atoms with van der Waals surface area (Å²) in [6.07, 6.45) is -0.430. The first-order valence-electron chi connectivity index (χ1n) is 10.6. The quantitative estimate of drug-likeness (QED) is 0.491. The summed E-state index contributed by atoms with van der Waals surface area (Å²) in [7, 11) is 0. The molecule has 0 aliphatic heterocycles. The molecule has 0 aromatic heterocycles. The Hall–Kier alpha value is -3.61. The largest absolute Gasteiger partial charge is 0.481 e. The molecule has 168 valence electrons. The summed E-state index contributed by atoms with van der Waals surface area (Å²) in [6, 6.07) is 15.0. The monoisotopic (exact) mass is 436 g/mol. The molecule has 2 amide bonds. The van der Waals surface area contributed by atoms with Crippen LogP contribution in [0.15, 0.2) is 60.7 Å². The van der Waals surface area contributed by atoms with Crippen LogP contribution >= 0.6 is 0 Å². The van der Waals surface area contributed by atoms with E-state index in [0.29, 0.717) is 13.0 Å². The zero-order valence-corrected chi connectivity index (χ0v) is 18.1. The summed E-state index contributed by atoms with van der Waals surface area (Å²) in [5.41, 5.74) is 5.32. The Morgan fingerprint density at radius 3 is 2.19 bits per heavy atom. The molecule has 0 spiro atoms. The van der Waals surface area contributed by atoms with Gasteiger partial charge in [0.2, 0.25) is 5.91 Å². The Morgan fingerprint density at radius 1 is 1.03 bits per heavy atom. The molecule has 0 saturated heterocycles. The highest BCUT2D eigenvalue weighted by Gasteiger charge is 2.29. The number of carboxylic acid groups (broad SMARTS) is 1. The van der Waals surface area contributed by atoms with Gasteiger partial charge < -0.3 is 20.5 Å². The van der Waals surface area contributed by atoms with Crippen molar-refractivity contribution in [3.05, 3.63) is 71.8 Å². The number of fused-ring (bicyclic) bond motifs is 3. The minimum Gasteiger partial charge on any atom is -0.481 e. The summed E-state index contributed by atoms with van der Waals surface area (Å²) in [5, 5.41) is 14.2. The second-order valence-corrected chi connectivity index (χ2v) is 7.95. The minimum atomic E-state index is -1.04. The van der Waals surface area contributed by atoms with E-state index in [4.69, 9.17) is 9.84 Å². The second kappa shape index (κ2) is 10.6. The Balaban J connectivity index is 1.63. The molecule has 1 unspecified atom stereocenters. The van der Waals surface area contributed by atoms with Gasteiger partial charge in [-0.25, -0.2) is 4.79 Å². The number of carbonyl (C=O) groups excluding carboxylic acids is 2. The van der Waals surface area contributed by atoms with Gasteiger partial charge in [-0.1, -0.05) is 54.1 Å². The van der Waals surface area contributed by atoms with Crippen LogP contribution in [0.2, 0.25) is 0 Å². The van der Waals surface area contributed by atoms with Gasteiger partial charge in [-0.15, -0.1) is 6.58 Å². The number of hydrogen-bond acceptors (Lipinski definition) is 4. The van der Waals surface area contributed by atoms with Crippen LogP contribution in [0, 0.1) is 0 Å². The molecular formula is C25H28N2O5. The van der Waals surface area contributed by atoms with Crippen LogP contribution in [-0.4, -0.2) is 42.3 Å². The maximum absolute atomic E-state index is 12.5. The number of aliphatic carboxylic acids is 1. The van der Waals surface area contributed by atoms with Crippen LogP contribution in [0.4, 0.5) is 4.79 Å². The predicted octanol–water partition coefficient (Wildman–Crippen LogP) is 3.84. The van der Waals surface area contributed by atoms with Gasteiger partial charge in [0.25, 0.3) is 0 Å². The third-order valence-electron chi connectivity index (χ3n) is 5.45. The van der Waals surface area contributed by atoms with E-state index in [-0.39, 0.29) is 25.4 Å². The fraction of sp³-hybridized carbons (Fsp3) is 0.320. The molecule has 2 aromatic carbocycles. The number of carbonyl (C=O) groups is 3. The van der Waals surface area contributed by atoms with Crippen molar-refractivity contribution < 1.29 is 24.2 Å². The zero-order chi connectivity index (χ0) is 23.1. The van der Waals surface area contributed by atoms with E-state index in [1.54, 1.807) is 0 Å². The Labute approximate surface area is 187 Å². The van der Waals surface area contributed by atoms with E-state index in [0.717, 1.165) is 27.8 Å². The van der Waals surface area contributed by atoms with Gasteiger partial charge in [-0.3, -0.25) is 9.59 Å². The highest BCUT2D eigenvalue weighted by atomic mass is 16.5. The minimum absolute atomic E-state index is 0.0293. The zero-order valence-electron chi connectivity index (χ0n) is 18.1. The molecule has 3 N–H and O–H groups in total. The molecule has 0 heterocycles. The van der Waals surface area contributed by atoms with Crippen LogP contribution in [0.3, 0.4) is 0 Å². The van der Waals surface area contributed by atoms with Crippen molar-refractivity contribution in [1.82, 2.24) is 10.6 Å². The maximum Gasteiger partial charge on any atom is 0.407 e. The Bertz CT molecular complexity index is 971. The van der Waals surface area contributed by atoms with Crippen molar-refractivity contribution in [3.8, 4) is 11.1 Å². The molecule has 32 heavy (non-hydrogen) atoms. The van der Waals surface area contributed by atoms with Crippen molar-refractivity contribution in [2.75, 3.05) is 13.2 Å². The smallest absolute Gasteiger partial charge is 0.407 e. The van der Waals surface area contributed by atoms with E-state index < -0.39 is 24.0 Å². The van der Waals surface area contributed by atoms with Crippen LogP contribution in [0.5, 0.6) is 0 Å². The maximum atomic E-state index is 12.5. The summed E-state index contributed by atoms with van der Waals surface area (Å²) < 4.78 is 5.48. The fourth-order valence-corrected chi connectivity index (χ4v) is 3.84. The number of alkyl carbamates (subject to hydrolysis) is 1. The lowest BCUT2D eigenvalue weighted by atomic mass is 9.98. The predicted molar refractivity (Wildman–Crippen MR) is 121 cm³/mol. The van der Waals surface area contributed by atoms with E-state index in [9.17, 15) is 14.4 Å². The lowest BCUT2D eigenvalue weighted by molar-refractivity contribution is -0.137. The Morgan fingerprint density at radius 2 is 1.62 bits per heavy atom. The van der Waals surface area contributed by atoms with Crippen LogP contribution in [-0.2, 0) is 14.3 Å². The molecule has 7 heteroatoms. The van der Waals surface area contributed by atoms with Crippen molar-refractivity contribution in [2.45, 2.75) is 38.1 Å². The third-order valence-corrected chi connectivity index (χ3v) is 5.45. The summed E-state index contributed by atoms with van der Waals surface area (Å²) >= 11 is 0. The normalized spacial score (nSPS) is 12.9. The van der Waals surface area contributed by atoms with Crippen molar-refractivity contribution >= 4 is 18.0 Å². The van der Waals surface area contributed by atoms with Crippen LogP contribution < -0.4 is 10.6 Å². The van der Waals surface area contributed by atoms with Crippen molar-refractivity contribution in [2.24, 2.45) is 0 Å². The molecule has 0 bridgehead atoms. The number of hydrogen-bond donors (Lipinski definition) is 3. The lowest BCUT2D eigenvalue weighted by Crippen LogP contribution is -2.47. The van der Waals surface area contributed by atoms with Crippen molar-refractivity contribution in [3.63, 3.8) is 0 Å².